The lowest BCUT2D eigenvalue weighted by molar-refractivity contribution is -0.154. The normalized spacial score (nSPS) is 14.2. The van der Waals surface area contributed by atoms with Crippen LogP contribution in [-0.2, 0) is 27.9 Å². The Kier molecular flexibility index (Phi) is 31.2. The predicted molar refractivity (Wildman–Crippen MR) is 178 cm³/mol. The van der Waals surface area contributed by atoms with Gasteiger partial charge < -0.3 is 20.1 Å². The summed E-state index contributed by atoms with van der Waals surface area (Å²) in [5.74, 6) is -0.350. The van der Waals surface area contributed by atoms with E-state index < -0.39 is 13.9 Å². The fourth-order valence-electron chi connectivity index (χ4n) is 4.36. The van der Waals surface area contributed by atoms with E-state index in [4.69, 9.17) is 24.3 Å². The van der Waals surface area contributed by atoms with Gasteiger partial charge in [-0.25, -0.2) is 4.57 Å². The van der Waals surface area contributed by atoms with E-state index in [1.165, 1.54) is 44.9 Å². The molecule has 0 bridgehead atoms. The number of carbonyl (C=O) groups excluding carboxylic acids is 1. The van der Waals surface area contributed by atoms with Crippen molar-refractivity contribution in [3.8, 4) is 0 Å². The van der Waals surface area contributed by atoms with E-state index in [1.807, 2.05) is 0 Å². The first-order valence-electron chi connectivity index (χ1n) is 17.0. The fourth-order valence-corrected chi connectivity index (χ4v) is 5.13. The van der Waals surface area contributed by atoms with Crippen LogP contribution in [0.15, 0.2) is 36.5 Å². The van der Waals surface area contributed by atoms with Gasteiger partial charge in [-0.1, -0.05) is 121 Å². The van der Waals surface area contributed by atoms with Crippen LogP contribution in [0.5, 0.6) is 0 Å². The Bertz CT molecular complexity index is 757. The molecule has 0 spiro atoms. The Hall–Kier alpha value is -1.28. The molecule has 8 nitrogen and oxygen atoms in total. The van der Waals surface area contributed by atoms with E-state index in [9.17, 15) is 14.3 Å². The predicted octanol–water partition coefficient (Wildman–Crippen LogP) is 9.13. The van der Waals surface area contributed by atoms with Crippen LogP contribution in [0.3, 0.4) is 0 Å². The van der Waals surface area contributed by atoms with Crippen LogP contribution in [0.2, 0.25) is 0 Å². The number of unbranched alkanes of at least 4 members (excludes halogenated alkanes) is 13. The van der Waals surface area contributed by atoms with Crippen molar-refractivity contribution in [3.05, 3.63) is 36.5 Å². The lowest BCUT2D eigenvalue weighted by Gasteiger charge is -2.20. The van der Waals surface area contributed by atoms with E-state index >= 15 is 0 Å². The fraction of sp³-hybridized carbons (Fsp3) is 0.794. The van der Waals surface area contributed by atoms with Gasteiger partial charge in [0.05, 0.1) is 19.8 Å². The first-order valence-corrected chi connectivity index (χ1v) is 18.5. The number of phosphoric acid groups is 1. The van der Waals surface area contributed by atoms with E-state index in [0.717, 1.165) is 70.6 Å². The van der Waals surface area contributed by atoms with Gasteiger partial charge in [0.2, 0.25) is 0 Å². The van der Waals surface area contributed by atoms with Crippen LogP contribution in [0.1, 0.15) is 136 Å². The highest BCUT2D eigenvalue weighted by atomic mass is 31.2. The molecule has 0 aliphatic carbocycles. The van der Waals surface area contributed by atoms with Crippen molar-refractivity contribution in [2.24, 2.45) is 5.73 Å². The molecule has 0 heterocycles. The standard InChI is InChI=1S/C34H64NO7P/c1-3-5-7-9-11-13-14-15-16-17-18-19-21-23-25-27-34(36)42-33(32-41-43(37,38)40-30-28-35)31-39-29-26-24-22-20-12-10-8-6-4-2/h5,7,11,13,15-16,33H,3-4,6,8-10,12,14,17-32,35H2,1-2H3,(H,37,38)/b7-5-,13-11-,16-15-. The van der Waals surface area contributed by atoms with E-state index in [2.05, 4.69) is 50.3 Å². The zero-order valence-corrected chi connectivity index (χ0v) is 28.3. The van der Waals surface area contributed by atoms with Gasteiger partial charge in [0, 0.05) is 19.6 Å². The van der Waals surface area contributed by atoms with Crippen LogP contribution < -0.4 is 5.73 Å². The summed E-state index contributed by atoms with van der Waals surface area (Å²) >= 11 is 0. The smallest absolute Gasteiger partial charge is 0.457 e. The first kappa shape index (κ1) is 41.7. The Balaban J connectivity index is 4.16. The molecular weight excluding hydrogens is 565 g/mol. The minimum absolute atomic E-state index is 0.0971. The summed E-state index contributed by atoms with van der Waals surface area (Å²) < 4.78 is 33.1. The maximum absolute atomic E-state index is 12.5. The monoisotopic (exact) mass is 629 g/mol. The Morgan fingerprint density at radius 3 is 1.95 bits per heavy atom. The number of nitrogens with two attached hydrogens (primary N) is 1. The van der Waals surface area contributed by atoms with Crippen LogP contribution >= 0.6 is 7.82 Å². The van der Waals surface area contributed by atoms with Crippen molar-refractivity contribution in [2.75, 3.05) is 33.0 Å². The SMILES string of the molecule is CC/C=C\C/C=C\C/C=C\CCCCCCCC(=O)OC(COCCCCCCCCCCC)COP(=O)(O)OCCN. The molecule has 252 valence electrons. The number of ether oxygens (including phenoxy) is 2. The van der Waals surface area contributed by atoms with Crippen LogP contribution in [-0.4, -0.2) is 49.9 Å². The number of esters is 1. The molecule has 0 saturated heterocycles. The minimum atomic E-state index is -4.27. The van der Waals surface area contributed by atoms with Gasteiger partial charge in [0.1, 0.15) is 6.10 Å². The average molecular weight is 630 g/mol. The second kappa shape index (κ2) is 32.1. The molecule has 0 aliphatic rings. The zero-order chi connectivity index (χ0) is 31.7. The van der Waals surface area contributed by atoms with E-state index in [0.29, 0.717) is 13.0 Å². The molecule has 0 aromatic carbocycles. The van der Waals surface area contributed by atoms with Gasteiger partial charge in [0.15, 0.2) is 0 Å². The number of hydrogen-bond acceptors (Lipinski definition) is 7. The lowest BCUT2D eigenvalue weighted by atomic mass is 10.1. The highest BCUT2D eigenvalue weighted by molar-refractivity contribution is 7.47. The van der Waals surface area contributed by atoms with Crippen molar-refractivity contribution in [1.82, 2.24) is 0 Å². The molecule has 0 aliphatic heterocycles. The molecule has 0 saturated carbocycles. The van der Waals surface area contributed by atoms with Crippen LogP contribution in [0.25, 0.3) is 0 Å². The van der Waals surface area contributed by atoms with Crippen LogP contribution in [0.4, 0.5) is 0 Å². The zero-order valence-electron chi connectivity index (χ0n) is 27.4. The Morgan fingerprint density at radius 1 is 0.721 bits per heavy atom. The topological polar surface area (TPSA) is 117 Å². The van der Waals surface area contributed by atoms with Crippen molar-refractivity contribution < 1.29 is 32.8 Å². The first-order chi connectivity index (χ1) is 20.9. The molecule has 0 aromatic rings. The summed E-state index contributed by atoms with van der Waals surface area (Å²) in [5.41, 5.74) is 5.33. The maximum Gasteiger partial charge on any atom is 0.472 e. The van der Waals surface area contributed by atoms with E-state index in [1.54, 1.807) is 0 Å². The molecule has 2 atom stereocenters. The third kappa shape index (κ3) is 31.9. The maximum atomic E-state index is 12.5. The lowest BCUT2D eigenvalue weighted by Crippen LogP contribution is -2.28. The number of phosphoric ester groups is 1. The highest BCUT2D eigenvalue weighted by Crippen LogP contribution is 2.43. The van der Waals surface area contributed by atoms with Crippen molar-refractivity contribution in [2.45, 2.75) is 142 Å². The molecule has 0 aromatic heterocycles. The minimum Gasteiger partial charge on any atom is -0.457 e. The third-order valence-electron chi connectivity index (χ3n) is 6.82. The number of rotatable bonds is 32. The molecule has 0 radical (unpaired) electrons. The van der Waals surface area contributed by atoms with Crippen molar-refractivity contribution in [3.63, 3.8) is 0 Å². The second-order valence-corrected chi connectivity index (χ2v) is 12.5. The molecule has 9 heteroatoms. The summed E-state index contributed by atoms with van der Waals surface area (Å²) in [6.07, 6.45) is 33.0. The molecule has 43 heavy (non-hydrogen) atoms. The van der Waals surface area contributed by atoms with Gasteiger partial charge >= 0.3 is 13.8 Å². The summed E-state index contributed by atoms with van der Waals surface area (Å²) in [6.45, 7) is 4.75. The van der Waals surface area contributed by atoms with Gasteiger partial charge in [-0.2, -0.15) is 0 Å². The summed E-state index contributed by atoms with van der Waals surface area (Å²) in [6, 6.07) is 0. The quantitative estimate of drug-likeness (QED) is 0.0327. The molecule has 0 amide bonds. The number of allylic oxidation sites excluding steroid dienone is 6. The Labute approximate surface area is 263 Å². The van der Waals surface area contributed by atoms with Gasteiger partial charge in [-0.3, -0.25) is 13.8 Å². The van der Waals surface area contributed by atoms with E-state index in [-0.39, 0.29) is 32.3 Å². The van der Waals surface area contributed by atoms with Crippen LogP contribution in [0, 0.1) is 0 Å². The van der Waals surface area contributed by atoms with Gasteiger partial charge in [-0.15, -0.1) is 0 Å². The Morgan fingerprint density at radius 2 is 1.30 bits per heavy atom. The molecule has 0 fully saturated rings. The summed E-state index contributed by atoms with van der Waals surface area (Å²) in [5, 5.41) is 0. The largest absolute Gasteiger partial charge is 0.472 e. The highest BCUT2D eigenvalue weighted by Gasteiger charge is 2.25. The molecular formula is C34H64NO7P. The van der Waals surface area contributed by atoms with Gasteiger partial charge in [-0.05, 0) is 44.9 Å². The second-order valence-electron chi connectivity index (χ2n) is 11.0. The summed E-state index contributed by atoms with van der Waals surface area (Å²) in [7, 11) is -4.27. The number of carbonyl (C=O) groups is 1. The van der Waals surface area contributed by atoms with Crippen molar-refractivity contribution in [1.29, 1.82) is 0 Å². The number of hydrogen-bond donors (Lipinski definition) is 2. The molecule has 0 rings (SSSR count). The molecule has 2 unspecified atom stereocenters. The molecule has 3 N–H and O–H groups in total. The third-order valence-corrected chi connectivity index (χ3v) is 7.81. The van der Waals surface area contributed by atoms with Gasteiger partial charge in [0.25, 0.3) is 0 Å². The average Bonchev–Trinajstić information content (AvgIpc) is 2.99. The van der Waals surface area contributed by atoms with Crippen molar-refractivity contribution >= 4 is 13.8 Å². The summed E-state index contributed by atoms with van der Waals surface area (Å²) in [4.78, 5) is 22.3.